The summed E-state index contributed by atoms with van der Waals surface area (Å²) in [6.45, 7) is 1.96. The molecule has 0 fully saturated rings. The zero-order valence-corrected chi connectivity index (χ0v) is 17.5. The topological polar surface area (TPSA) is 81.1 Å². The van der Waals surface area contributed by atoms with Gasteiger partial charge in [-0.25, -0.2) is 17.8 Å². The number of hydrogen-bond donors (Lipinski definition) is 1. The van der Waals surface area contributed by atoms with E-state index >= 15 is 0 Å². The molecule has 1 N–H and O–H groups in total. The van der Waals surface area contributed by atoms with Gasteiger partial charge in [0.15, 0.2) is 0 Å². The Morgan fingerprint density at radius 3 is 2.33 bits per heavy atom. The van der Waals surface area contributed by atoms with Gasteiger partial charge >= 0.3 is 0 Å². The number of nitrogens with zero attached hydrogens (tertiary/aromatic N) is 2. The molecule has 0 saturated heterocycles. The summed E-state index contributed by atoms with van der Waals surface area (Å²) in [6.07, 6.45) is 0. The maximum Gasteiger partial charge on any atom is 0.274 e. The van der Waals surface area contributed by atoms with E-state index in [9.17, 15) is 13.2 Å². The summed E-state index contributed by atoms with van der Waals surface area (Å²) in [5, 5.41) is 5.63. The number of benzene rings is 3. The van der Waals surface area contributed by atoms with Gasteiger partial charge in [0.25, 0.3) is 5.56 Å². The summed E-state index contributed by atoms with van der Waals surface area (Å²) in [5.41, 5.74) is 2.51. The third-order valence-electron chi connectivity index (χ3n) is 5.02. The highest BCUT2D eigenvalue weighted by Gasteiger charge is 2.19. The molecule has 0 amide bonds. The number of rotatable bonds is 5. The first-order valence-corrected chi connectivity index (χ1v) is 11.0. The molecular formula is C23H21N3O3S. The summed E-state index contributed by atoms with van der Waals surface area (Å²) in [5.74, 6) is 0. The van der Waals surface area contributed by atoms with E-state index in [0.717, 1.165) is 5.56 Å². The van der Waals surface area contributed by atoms with Crippen LogP contribution in [0.3, 0.4) is 0 Å². The van der Waals surface area contributed by atoms with Crippen molar-refractivity contribution < 1.29 is 8.42 Å². The third kappa shape index (κ3) is 3.77. The highest BCUT2D eigenvalue weighted by Crippen LogP contribution is 2.28. The molecule has 1 heterocycles. The second-order valence-corrected chi connectivity index (χ2v) is 8.85. The van der Waals surface area contributed by atoms with Gasteiger partial charge in [0.05, 0.1) is 16.0 Å². The molecule has 0 spiro atoms. The quantitative estimate of drug-likeness (QED) is 0.538. The Balaban J connectivity index is 1.79. The molecule has 0 bridgehead atoms. The fourth-order valence-electron chi connectivity index (χ4n) is 3.40. The van der Waals surface area contributed by atoms with Crippen LogP contribution in [0, 0.1) is 6.92 Å². The maximum absolute atomic E-state index is 13.0. The first-order chi connectivity index (χ1) is 14.4. The lowest BCUT2D eigenvalue weighted by atomic mass is 10.0. The van der Waals surface area contributed by atoms with Crippen LogP contribution in [-0.2, 0) is 23.6 Å². The van der Waals surface area contributed by atoms with Crippen LogP contribution in [0.5, 0.6) is 0 Å². The summed E-state index contributed by atoms with van der Waals surface area (Å²) in [6, 6.07) is 21.7. The molecule has 7 heteroatoms. The van der Waals surface area contributed by atoms with Gasteiger partial charge in [-0.3, -0.25) is 4.79 Å². The van der Waals surface area contributed by atoms with Crippen LogP contribution in [0.2, 0.25) is 0 Å². The predicted octanol–water partition coefficient (Wildman–Crippen LogP) is 3.39. The van der Waals surface area contributed by atoms with Crippen LogP contribution in [-0.4, -0.2) is 18.2 Å². The van der Waals surface area contributed by atoms with Crippen molar-refractivity contribution in [3.63, 3.8) is 0 Å². The highest BCUT2D eigenvalue weighted by atomic mass is 32.2. The highest BCUT2D eigenvalue weighted by molar-refractivity contribution is 7.89. The molecule has 0 saturated carbocycles. The monoisotopic (exact) mass is 419 g/mol. The molecule has 0 unspecified atom stereocenters. The van der Waals surface area contributed by atoms with E-state index in [1.807, 2.05) is 48.5 Å². The molecule has 1 aromatic heterocycles. The van der Waals surface area contributed by atoms with Crippen LogP contribution in [0.1, 0.15) is 11.1 Å². The van der Waals surface area contributed by atoms with Crippen molar-refractivity contribution in [1.29, 1.82) is 0 Å². The van der Waals surface area contributed by atoms with Gasteiger partial charge < -0.3 is 0 Å². The molecule has 4 aromatic rings. The zero-order chi connectivity index (χ0) is 21.3. The van der Waals surface area contributed by atoms with Crippen molar-refractivity contribution in [2.24, 2.45) is 7.05 Å². The minimum Gasteiger partial charge on any atom is -0.267 e. The van der Waals surface area contributed by atoms with Crippen molar-refractivity contribution in [1.82, 2.24) is 14.5 Å². The Hall–Kier alpha value is -3.29. The molecule has 0 aliphatic rings. The molecule has 0 aliphatic carbocycles. The average Bonchev–Trinajstić information content (AvgIpc) is 2.76. The second-order valence-electron chi connectivity index (χ2n) is 7.11. The van der Waals surface area contributed by atoms with Gasteiger partial charge in [0, 0.05) is 24.5 Å². The van der Waals surface area contributed by atoms with Crippen molar-refractivity contribution in [3.8, 4) is 11.3 Å². The first-order valence-electron chi connectivity index (χ1n) is 9.47. The Morgan fingerprint density at radius 1 is 0.933 bits per heavy atom. The van der Waals surface area contributed by atoms with Gasteiger partial charge in [-0.1, -0.05) is 60.7 Å². The summed E-state index contributed by atoms with van der Waals surface area (Å²) in [4.78, 5) is 12.6. The summed E-state index contributed by atoms with van der Waals surface area (Å²) >= 11 is 0. The molecule has 30 heavy (non-hydrogen) atoms. The first kappa shape index (κ1) is 20.0. The molecule has 0 radical (unpaired) electrons. The number of fused-ring (bicyclic) bond motifs is 1. The van der Waals surface area contributed by atoms with Gasteiger partial charge in [0.2, 0.25) is 10.0 Å². The fraction of sp³-hybridized carbons (Fsp3) is 0.130. The Labute approximate surface area is 174 Å². The molecular weight excluding hydrogens is 398 g/mol. The van der Waals surface area contributed by atoms with Crippen molar-refractivity contribution in [3.05, 3.63) is 94.3 Å². The second kappa shape index (κ2) is 7.85. The van der Waals surface area contributed by atoms with Crippen LogP contribution in [0.15, 0.2) is 82.5 Å². The summed E-state index contributed by atoms with van der Waals surface area (Å²) in [7, 11) is -2.15. The Bertz CT molecular complexity index is 1390. The lowest BCUT2D eigenvalue weighted by Crippen LogP contribution is -2.24. The fourth-order valence-corrected chi connectivity index (χ4v) is 4.69. The van der Waals surface area contributed by atoms with Crippen LogP contribution >= 0.6 is 0 Å². The number of aromatic nitrogens is 2. The Kier molecular flexibility index (Phi) is 5.24. The Morgan fingerprint density at radius 2 is 1.60 bits per heavy atom. The lowest BCUT2D eigenvalue weighted by Gasteiger charge is -2.13. The van der Waals surface area contributed by atoms with Crippen LogP contribution in [0.25, 0.3) is 22.0 Å². The minimum absolute atomic E-state index is 0.190. The number of hydrogen-bond acceptors (Lipinski definition) is 4. The molecule has 0 atom stereocenters. The minimum atomic E-state index is -3.74. The lowest BCUT2D eigenvalue weighted by molar-refractivity contribution is 0.580. The van der Waals surface area contributed by atoms with Gasteiger partial charge in [0.1, 0.15) is 0 Å². The smallest absolute Gasteiger partial charge is 0.267 e. The van der Waals surface area contributed by atoms with Gasteiger partial charge in [-0.05, 0) is 30.2 Å². The van der Waals surface area contributed by atoms with Gasteiger partial charge in [-0.15, -0.1) is 0 Å². The number of aryl methyl sites for hydroxylation is 2. The van der Waals surface area contributed by atoms with Gasteiger partial charge in [-0.2, -0.15) is 5.10 Å². The molecule has 4 rings (SSSR count). The van der Waals surface area contributed by atoms with E-state index in [1.165, 1.54) is 4.68 Å². The zero-order valence-electron chi connectivity index (χ0n) is 16.7. The SMILES string of the molecule is Cc1ccc(-c2nn(C)c(=O)c3ccccc23)cc1S(=O)(=O)NCc1ccccc1. The third-order valence-corrected chi connectivity index (χ3v) is 6.56. The average molecular weight is 420 g/mol. The predicted molar refractivity (Wildman–Crippen MR) is 118 cm³/mol. The van der Waals surface area contributed by atoms with E-state index < -0.39 is 10.0 Å². The van der Waals surface area contributed by atoms with E-state index in [-0.39, 0.29) is 17.0 Å². The van der Waals surface area contributed by atoms with E-state index in [2.05, 4.69) is 9.82 Å². The van der Waals surface area contributed by atoms with Crippen molar-refractivity contribution >= 4 is 20.8 Å². The largest absolute Gasteiger partial charge is 0.274 e. The van der Waals surface area contributed by atoms with E-state index in [4.69, 9.17) is 0 Å². The number of nitrogens with one attached hydrogen (secondary N) is 1. The van der Waals surface area contributed by atoms with E-state index in [0.29, 0.717) is 27.6 Å². The van der Waals surface area contributed by atoms with Crippen LogP contribution in [0.4, 0.5) is 0 Å². The molecule has 6 nitrogen and oxygen atoms in total. The molecule has 152 valence electrons. The summed E-state index contributed by atoms with van der Waals surface area (Å²) < 4.78 is 30.0. The van der Waals surface area contributed by atoms with Crippen molar-refractivity contribution in [2.75, 3.05) is 0 Å². The molecule has 0 aliphatic heterocycles. The standard InChI is InChI=1S/C23H21N3O3S/c1-16-12-13-18(22-19-10-6-7-11-20(19)23(27)26(2)25-22)14-21(16)30(28,29)24-15-17-8-4-3-5-9-17/h3-14,24H,15H2,1-2H3. The molecule has 3 aromatic carbocycles. The number of sulfonamides is 1. The van der Waals surface area contributed by atoms with Crippen LogP contribution < -0.4 is 10.3 Å². The van der Waals surface area contributed by atoms with Crippen molar-refractivity contribution in [2.45, 2.75) is 18.4 Å². The van der Waals surface area contributed by atoms with E-state index in [1.54, 1.807) is 38.2 Å². The normalized spacial score (nSPS) is 11.7. The maximum atomic E-state index is 13.0.